The highest BCUT2D eigenvalue weighted by Gasteiger charge is 2.21. The minimum atomic E-state index is -0.750. The number of phenolic OH excluding ortho intramolecular Hbond substituents is 1. The number of hydrogen-bond donors (Lipinski definition) is 2. The van der Waals surface area contributed by atoms with Crippen molar-refractivity contribution in [1.82, 2.24) is 14.7 Å². The van der Waals surface area contributed by atoms with Crippen molar-refractivity contribution in [3.05, 3.63) is 47.8 Å². The topological polar surface area (TPSA) is 84.4 Å². The van der Waals surface area contributed by atoms with Crippen LogP contribution in [0.4, 0.5) is 0 Å². The molecule has 1 aromatic heterocycles. The van der Waals surface area contributed by atoms with Gasteiger partial charge in [0.05, 0.1) is 6.20 Å². The van der Waals surface area contributed by atoms with E-state index in [4.69, 9.17) is 5.73 Å². The first-order chi connectivity index (χ1) is 9.49. The van der Waals surface area contributed by atoms with Gasteiger partial charge in [-0.2, -0.15) is 5.10 Å². The summed E-state index contributed by atoms with van der Waals surface area (Å²) in [6, 6.07) is 6.17. The minimum Gasteiger partial charge on any atom is -0.508 e. The minimum absolute atomic E-state index is 0.169. The maximum absolute atomic E-state index is 12.3. The van der Waals surface area contributed by atoms with Gasteiger partial charge in [-0.25, -0.2) is 0 Å². The lowest BCUT2D eigenvalue weighted by Crippen LogP contribution is -2.35. The summed E-state index contributed by atoms with van der Waals surface area (Å²) >= 11 is 0. The van der Waals surface area contributed by atoms with Crippen LogP contribution in [0.15, 0.2) is 36.7 Å². The molecule has 3 N–H and O–H groups in total. The van der Waals surface area contributed by atoms with E-state index in [1.54, 1.807) is 49.4 Å². The summed E-state index contributed by atoms with van der Waals surface area (Å²) in [4.78, 5) is 13.7. The molecule has 0 spiro atoms. The molecule has 0 radical (unpaired) electrons. The second kappa shape index (κ2) is 5.75. The average Bonchev–Trinajstić information content (AvgIpc) is 2.86. The average molecular weight is 274 g/mol. The normalized spacial score (nSPS) is 12.2. The smallest absolute Gasteiger partial charge is 0.244 e. The third kappa shape index (κ3) is 2.97. The SMILES string of the molecule is CN(Cc1ccccc1O)C(=O)C(N)c1cnn(C)c1. The fraction of sp³-hybridized carbons (Fsp3) is 0.286. The van der Waals surface area contributed by atoms with Crippen LogP contribution in [-0.2, 0) is 18.4 Å². The van der Waals surface area contributed by atoms with Crippen molar-refractivity contribution in [2.24, 2.45) is 12.8 Å². The van der Waals surface area contributed by atoms with E-state index < -0.39 is 6.04 Å². The highest BCUT2D eigenvalue weighted by Crippen LogP contribution is 2.19. The number of likely N-dealkylation sites (N-methyl/N-ethyl adjacent to an activating group) is 1. The standard InChI is InChI=1S/C14H18N4O2/c1-17(8-10-5-3-4-6-12(10)19)14(20)13(15)11-7-16-18(2)9-11/h3-7,9,13,19H,8,15H2,1-2H3. The first kappa shape index (κ1) is 14.1. The predicted molar refractivity (Wildman–Crippen MR) is 74.7 cm³/mol. The number of rotatable bonds is 4. The third-order valence-electron chi connectivity index (χ3n) is 3.13. The van der Waals surface area contributed by atoms with Crippen LogP contribution in [0.2, 0.25) is 0 Å². The molecule has 0 aliphatic heterocycles. The summed E-state index contributed by atoms with van der Waals surface area (Å²) in [6.45, 7) is 0.305. The van der Waals surface area contributed by atoms with E-state index in [9.17, 15) is 9.90 Å². The number of amides is 1. The molecule has 2 rings (SSSR count). The molecule has 2 aromatic rings. The van der Waals surface area contributed by atoms with E-state index >= 15 is 0 Å². The number of phenols is 1. The summed E-state index contributed by atoms with van der Waals surface area (Å²) in [5.74, 6) is -0.0525. The van der Waals surface area contributed by atoms with Crippen LogP contribution < -0.4 is 5.73 Å². The van der Waals surface area contributed by atoms with Gasteiger partial charge in [-0.05, 0) is 6.07 Å². The molecule has 106 valence electrons. The lowest BCUT2D eigenvalue weighted by Gasteiger charge is -2.21. The van der Waals surface area contributed by atoms with Crippen LogP contribution >= 0.6 is 0 Å². The lowest BCUT2D eigenvalue weighted by atomic mass is 10.1. The van der Waals surface area contributed by atoms with E-state index in [-0.39, 0.29) is 11.7 Å². The van der Waals surface area contributed by atoms with Crippen molar-refractivity contribution >= 4 is 5.91 Å². The lowest BCUT2D eigenvalue weighted by molar-refractivity contribution is -0.132. The van der Waals surface area contributed by atoms with Crippen molar-refractivity contribution < 1.29 is 9.90 Å². The summed E-state index contributed by atoms with van der Waals surface area (Å²) < 4.78 is 1.60. The molecular formula is C14H18N4O2. The van der Waals surface area contributed by atoms with Gasteiger partial charge in [0, 0.05) is 38.0 Å². The number of nitrogens with two attached hydrogens (primary N) is 1. The molecule has 0 bridgehead atoms. The Bertz CT molecular complexity index is 609. The van der Waals surface area contributed by atoms with Gasteiger partial charge in [0.2, 0.25) is 5.91 Å². The molecule has 1 aromatic carbocycles. The zero-order valence-electron chi connectivity index (χ0n) is 11.5. The first-order valence-electron chi connectivity index (χ1n) is 6.25. The number of aromatic hydroxyl groups is 1. The van der Waals surface area contributed by atoms with Gasteiger partial charge < -0.3 is 15.7 Å². The second-order valence-corrected chi connectivity index (χ2v) is 4.75. The van der Waals surface area contributed by atoms with E-state index in [1.807, 2.05) is 6.07 Å². The Kier molecular flexibility index (Phi) is 4.05. The Hall–Kier alpha value is -2.34. The molecule has 1 heterocycles. The zero-order chi connectivity index (χ0) is 14.7. The van der Waals surface area contributed by atoms with E-state index in [0.29, 0.717) is 17.7 Å². The van der Waals surface area contributed by atoms with Gasteiger partial charge in [0.15, 0.2) is 0 Å². The Balaban J connectivity index is 2.07. The number of carbonyl (C=O) groups is 1. The molecule has 6 heteroatoms. The van der Waals surface area contributed by atoms with Crippen LogP contribution in [0.25, 0.3) is 0 Å². The van der Waals surface area contributed by atoms with Gasteiger partial charge in [-0.1, -0.05) is 18.2 Å². The van der Waals surface area contributed by atoms with Crippen LogP contribution in [0.5, 0.6) is 5.75 Å². The zero-order valence-corrected chi connectivity index (χ0v) is 11.5. The summed E-state index contributed by atoms with van der Waals surface area (Å²) in [5, 5.41) is 13.7. The summed E-state index contributed by atoms with van der Waals surface area (Å²) in [5.41, 5.74) is 7.29. The summed E-state index contributed by atoms with van der Waals surface area (Å²) in [7, 11) is 3.43. The Morgan fingerprint density at radius 3 is 2.80 bits per heavy atom. The number of hydrogen-bond acceptors (Lipinski definition) is 4. The fourth-order valence-corrected chi connectivity index (χ4v) is 1.96. The van der Waals surface area contributed by atoms with Crippen molar-refractivity contribution in [2.45, 2.75) is 12.6 Å². The second-order valence-electron chi connectivity index (χ2n) is 4.75. The maximum atomic E-state index is 12.3. The molecule has 0 aliphatic carbocycles. The van der Waals surface area contributed by atoms with Crippen molar-refractivity contribution in [1.29, 1.82) is 0 Å². The quantitative estimate of drug-likeness (QED) is 0.863. The Morgan fingerprint density at radius 1 is 1.50 bits per heavy atom. The molecule has 1 atom stereocenters. The highest BCUT2D eigenvalue weighted by atomic mass is 16.3. The fourth-order valence-electron chi connectivity index (χ4n) is 1.96. The molecule has 0 aliphatic rings. The van der Waals surface area contributed by atoms with Crippen LogP contribution in [0, 0.1) is 0 Å². The van der Waals surface area contributed by atoms with Crippen molar-refractivity contribution in [2.75, 3.05) is 7.05 Å². The van der Waals surface area contributed by atoms with E-state index in [2.05, 4.69) is 5.10 Å². The number of carbonyl (C=O) groups excluding carboxylic acids is 1. The van der Waals surface area contributed by atoms with Gasteiger partial charge in [-0.3, -0.25) is 9.48 Å². The maximum Gasteiger partial charge on any atom is 0.244 e. The number of nitrogens with zero attached hydrogens (tertiary/aromatic N) is 3. The predicted octanol–water partition coefficient (Wildman–Crippen LogP) is 0.784. The van der Waals surface area contributed by atoms with Crippen molar-refractivity contribution in [3.63, 3.8) is 0 Å². The largest absolute Gasteiger partial charge is 0.508 e. The molecule has 1 amide bonds. The molecule has 20 heavy (non-hydrogen) atoms. The van der Waals surface area contributed by atoms with E-state index in [1.165, 1.54) is 4.90 Å². The molecule has 6 nitrogen and oxygen atoms in total. The number of aromatic nitrogens is 2. The monoisotopic (exact) mass is 274 g/mol. The number of aryl methyl sites for hydroxylation is 1. The van der Waals surface area contributed by atoms with Gasteiger partial charge in [0.1, 0.15) is 11.8 Å². The third-order valence-corrected chi connectivity index (χ3v) is 3.13. The Morgan fingerprint density at radius 2 is 2.20 bits per heavy atom. The van der Waals surface area contributed by atoms with Crippen LogP contribution in [0.1, 0.15) is 17.2 Å². The Labute approximate surface area is 117 Å². The summed E-state index contributed by atoms with van der Waals surface area (Å²) in [6.07, 6.45) is 3.30. The van der Waals surface area contributed by atoms with Crippen molar-refractivity contribution in [3.8, 4) is 5.75 Å². The van der Waals surface area contributed by atoms with Gasteiger partial charge in [0.25, 0.3) is 0 Å². The first-order valence-corrected chi connectivity index (χ1v) is 6.25. The van der Waals surface area contributed by atoms with Crippen LogP contribution in [0.3, 0.4) is 0 Å². The number of benzene rings is 1. The molecule has 0 fully saturated rings. The number of para-hydroxylation sites is 1. The van der Waals surface area contributed by atoms with E-state index in [0.717, 1.165) is 0 Å². The van der Waals surface area contributed by atoms with Gasteiger partial charge in [-0.15, -0.1) is 0 Å². The van der Waals surface area contributed by atoms with Crippen LogP contribution in [-0.4, -0.2) is 32.7 Å². The van der Waals surface area contributed by atoms with Gasteiger partial charge >= 0.3 is 0 Å². The molecule has 1 unspecified atom stereocenters. The highest BCUT2D eigenvalue weighted by molar-refractivity contribution is 5.82. The molecular weight excluding hydrogens is 256 g/mol. The molecule has 0 saturated carbocycles. The molecule has 0 saturated heterocycles.